The Hall–Kier alpha value is -1.21. The third kappa shape index (κ3) is 5.21. The molecule has 0 spiro atoms. The van der Waals surface area contributed by atoms with Crippen molar-refractivity contribution in [3.8, 4) is 12.3 Å². The van der Waals surface area contributed by atoms with Crippen molar-refractivity contribution in [3.05, 3.63) is 33.8 Å². The van der Waals surface area contributed by atoms with E-state index in [4.69, 9.17) is 29.6 Å². The molecule has 1 aromatic rings. The van der Waals surface area contributed by atoms with Gasteiger partial charge >= 0.3 is 0 Å². The third-order valence-electron chi connectivity index (χ3n) is 3.73. The summed E-state index contributed by atoms with van der Waals surface area (Å²) in [5.74, 6) is 2.61. The summed E-state index contributed by atoms with van der Waals surface area (Å²) >= 11 is 12.0. The smallest absolute Gasteiger partial charge is 0.235 e. The van der Waals surface area contributed by atoms with Gasteiger partial charge in [0.1, 0.15) is 5.54 Å². The molecule has 3 nitrogen and oxygen atoms in total. The maximum Gasteiger partial charge on any atom is 0.235 e. The van der Waals surface area contributed by atoms with Gasteiger partial charge in [0.15, 0.2) is 0 Å². The van der Waals surface area contributed by atoms with Gasteiger partial charge in [0.25, 0.3) is 0 Å². The van der Waals surface area contributed by atoms with Gasteiger partial charge in [0.05, 0.1) is 6.54 Å². The topological polar surface area (TPSA) is 32.3 Å². The lowest BCUT2D eigenvalue weighted by atomic mass is 9.94. The molecule has 0 heterocycles. The zero-order valence-electron chi connectivity index (χ0n) is 13.2. The molecule has 5 heteroatoms. The minimum absolute atomic E-state index is 0.0887. The number of nitrogens with one attached hydrogen (secondary N) is 1. The summed E-state index contributed by atoms with van der Waals surface area (Å²) in [5.41, 5.74) is 0.367. The first-order chi connectivity index (χ1) is 10.4. The quantitative estimate of drug-likeness (QED) is 0.767. The van der Waals surface area contributed by atoms with Crippen LogP contribution in [0.3, 0.4) is 0 Å². The van der Waals surface area contributed by atoms with Crippen LogP contribution in [0.2, 0.25) is 10.0 Å². The van der Waals surface area contributed by atoms with E-state index >= 15 is 0 Å². The van der Waals surface area contributed by atoms with Gasteiger partial charge in [-0.1, -0.05) is 49.0 Å². The lowest BCUT2D eigenvalue weighted by Gasteiger charge is -2.28. The number of terminal acetylenes is 1. The first-order valence-electron chi connectivity index (χ1n) is 7.27. The molecule has 0 unspecified atom stereocenters. The minimum atomic E-state index is -0.560. The summed E-state index contributed by atoms with van der Waals surface area (Å²) in [6.07, 6.45) is 6.97. The molecule has 1 N–H and O–H groups in total. The molecule has 0 radical (unpaired) electrons. The van der Waals surface area contributed by atoms with E-state index in [0.29, 0.717) is 29.4 Å². The van der Waals surface area contributed by atoms with Gasteiger partial charge in [0, 0.05) is 16.6 Å². The van der Waals surface area contributed by atoms with Crippen molar-refractivity contribution in [1.29, 1.82) is 0 Å². The fourth-order valence-electron chi connectivity index (χ4n) is 2.22. The van der Waals surface area contributed by atoms with E-state index in [2.05, 4.69) is 11.2 Å². The van der Waals surface area contributed by atoms with Gasteiger partial charge in [-0.15, -0.1) is 6.42 Å². The van der Waals surface area contributed by atoms with Crippen LogP contribution in [0.15, 0.2) is 18.2 Å². The van der Waals surface area contributed by atoms with Crippen LogP contribution in [0.5, 0.6) is 0 Å². The van der Waals surface area contributed by atoms with Crippen molar-refractivity contribution in [1.82, 2.24) is 10.2 Å². The Bertz CT molecular complexity index is 562. The van der Waals surface area contributed by atoms with E-state index in [1.807, 2.05) is 31.9 Å². The van der Waals surface area contributed by atoms with E-state index in [0.717, 1.165) is 5.56 Å². The molecule has 0 bridgehead atoms. The van der Waals surface area contributed by atoms with E-state index in [9.17, 15) is 4.79 Å². The zero-order valence-corrected chi connectivity index (χ0v) is 14.8. The first-order valence-corrected chi connectivity index (χ1v) is 8.02. The van der Waals surface area contributed by atoms with E-state index in [1.165, 1.54) is 0 Å². The number of carbonyl (C=O) groups is 1. The normalized spacial score (nSPS) is 11.3. The molecule has 120 valence electrons. The molecular formula is C17H22Cl2N2O. The van der Waals surface area contributed by atoms with Crippen LogP contribution in [-0.2, 0) is 11.3 Å². The van der Waals surface area contributed by atoms with E-state index in [-0.39, 0.29) is 12.5 Å². The molecule has 0 aromatic heterocycles. The Kier molecular flexibility index (Phi) is 7.22. The highest BCUT2D eigenvalue weighted by atomic mass is 35.5. The van der Waals surface area contributed by atoms with Gasteiger partial charge in [0.2, 0.25) is 5.91 Å². The molecular weight excluding hydrogens is 319 g/mol. The monoisotopic (exact) mass is 340 g/mol. The molecule has 0 aliphatic rings. The molecule has 1 rings (SSSR count). The number of amides is 1. The fraction of sp³-hybridized carbons (Fsp3) is 0.471. The molecule has 0 saturated heterocycles. The molecule has 1 aromatic carbocycles. The molecule has 0 atom stereocenters. The number of hydrogen-bond acceptors (Lipinski definition) is 2. The van der Waals surface area contributed by atoms with Crippen LogP contribution >= 0.6 is 23.2 Å². The van der Waals surface area contributed by atoms with Crippen LogP contribution in [0.25, 0.3) is 0 Å². The zero-order chi connectivity index (χ0) is 16.8. The number of halogens is 2. The Morgan fingerprint density at radius 3 is 2.50 bits per heavy atom. The lowest BCUT2D eigenvalue weighted by Crippen LogP contribution is -2.49. The van der Waals surface area contributed by atoms with E-state index in [1.54, 1.807) is 12.1 Å². The Labute approximate surface area is 143 Å². The van der Waals surface area contributed by atoms with Gasteiger partial charge in [-0.3, -0.25) is 9.69 Å². The van der Waals surface area contributed by atoms with Gasteiger partial charge in [-0.05, 0) is 37.6 Å². The van der Waals surface area contributed by atoms with Crippen LogP contribution in [0.4, 0.5) is 0 Å². The Balaban J connectivity index is 2.63. The second-order valence-corrected chi connectivity index (χ2v) is 6.23. The van der Waals surface area contributed by atoms with Gasteiger partial charge in [-0.2, -0.15) is 0 Å². The standard InChI is InChI=1S/C17H22Cl2N2O/c1-5-17(6-2,7-3)20-16(22)12-21(4)11-13-8-9-14(18)10-15(13)19/h1,8-10H,6-7,11-12H2,2-4H3,(H,20,22). The predicted molar refractivity (Wildman–Crippen MR) is 93.1 cm³/mol. The van der Waals surface area contributed by atoms with Crippen LogP contribution in [0.1, 0.15) is 32.3 Å². The van der Waals surface area contributed by atoms with Crippen molar-refractivity contribution in [2.75, 3.05) is 13.6 Å². The number of hydrogen-bond donors (Lipinski definition) is 1. The fourth-order valence-corrected chi connectivity index (χ4v) is 2.68. The Morgan fingerprint density at radius 1 is 1.36 bits per heavy atom. The average molecular weight is 341 g/mol. The highest BCUT2D eigenvalue weighted by molar-refractivity contribution is 6.35. The van der Waals surface area contributed by atoms with E-state index < -0.39 is 5.54 Å². The largest absolute Gasteiger partial charge is 0.339 e. The third-order valence-corrected chi connectivity index (χ3v) is 4.32. The van der Waals surface area contributed by atoms with Crippen molar-refractivity contribution < 1.29 is 4.79 Å². The summed E-state index contributed by atoms with van der Waals surface area (Å²) in [4.78, 5) is 14.1. The predicted octanol–water partition coefficient (Wildman–Crippen LogP) is 3.73. The van der Waals surface area contributed by atoms with Crippen LogP contribution in [0, 0.1) is 12.3 Å². The second-order valence-electron chi connectivity index (χ2n) is 5.39. The summed E-state index contributed by atoms with van der Waals surface area (Å²) < 4.78 is 0. The molecule has 1 amide bonds. The highest BCUT2D eigenvalue weighted by Crippen LogP contribution is 2.22. The maximum atomic E-state index is 12.2. The van der Waals surface area contributed by atoms with Crippen molar-refractivity contribution in [2.24, 2.45) is 0 Å². The van der Waals surface area contributed by atoms with Crippen LogP contribution in [-0.4, -0.2) is 29.9 Å². The summed E-state index contributed by atoms with van der Waals surface area (Å²) in [6, 6.07) is 5.35. The first kappa shape index (κ1) is 18.8. The number of carbonyl (C=O) groups excluding carboxylic acids is 1. The number of benzene rings is 1. The number of nitrogens with zero attached hydrogens (tertiary/aromatic N) is 1. The Morgan fingerprint density at radius 2 is 2.00 bits per heavy atom. The molecule has 0 fully saturated rings. The maximum absolute atomic E-state index is 12.2. The minimum Gasteiger partial charge on any atom is -0.339 e. The average Bonchev–Trinajstić information content (AvgIpc) is 2.48. The SMILES string of the molecule is C#CC(CC)(CC)NC(=O)CN(C)Cc1ccc(Cl)cc1Cl. The molecule has 0 saturated carbocycles. The summed E-state index contributed by atoms with van der Waals surface area (Å²) in [6.45, 7) is 4.76. The van der Waals surface area contributed by atoms with Crippen LogP contribution < -0.4 is 5.32 Å². The summed E-state index contributed by atoms with van der Waals surface area (Å²) in [7, 11) is 1.86. The summed E-state index contributed by atoms with van der Waals surface area (Å²) in [5, 5.41) is 4.14. The van der Waals surface area contributed by atoms with Crippen molar-refractivity contribution in [2.45, 2.75) is 38.8 Å². The van der Waals surface area contributed by atoms with Crippen molar-refractivity contribution in [3.63, 3.8) is 0 Å². The van der Waals surface area contributed by atoms with Gasteiger partial charge < -0.3 is 5.32 Å². The lowest BCUT2D eigenvalue weighted by molar-refractivity contribution is -0.123. The van der Waals surface area contributed by atoms with Crippen molar-refractivity contribution >= 4 is 29.1 Å². The van der Waals surface area contributed by atoms with Gasteiger partial charge in [-0.25, -0.2) is 0 Å². The molecule has 22 heavy (non-hydrogen) atoms. The highest BCUT2D eigenvalue weighted by Gasteiger charge is 2.25. The second kappa shape index (κ2) is 8.43. The molecule has 0 aliphatic heterocycles. The number of likely N-dealkylation sites (N-methyl/N-ethyl adjacent to an activating group) is 1. The number of rotatable bonds is 7. The molecule has 0 aliphatic carbocycles.